The van der Waals surface area contributed by atoms with Crippen LogP contribution >= 0.6 is 11.6 Å². The van der Waals surface area contributed by atoms with Crippen molar-refractivity contribution >= 4 is 21.6 Å². The Morgan fingerprint density at radius 1 is 1.38 bits per heavy atom. The van der Waals surface area contributed by atoms with Gasteiger partial charge in [-0.2, -0.15) is 14.4 Å². The highest BCUT2D eigenvalue weighted by molar-refractivity contribution is 7.89. The molecule has 1 aliphatic rings. The van der Waals surface area contributed by atoms with E-state index in [2.05, 4.69) is 15.2 Å². The summed E-state index contributed by atoms with van der Waals surface area (Å²) < 4.78 is 39.5. The number of aryl methyl sites for hydroxylation is 3. The van der Waals surface area contributed by atoms with Crippen molar-refractivity contribution in [2.75, 3.05) is 13.7 Å². The van der Waals surface area contributed by atoms with Crippen molar-refractivity contribution < 1.29 is 17.7 Å². The Kier molecular flexibility index (Phi) is 4.41. The van der Waals surface area contributed by atoms with E-state index in [1.54, 1.807) is 28.0 Å². The average Bonchev–Trinajstić information content (AvgIpc) is 3.18. The summed E-state index contributed by atoms with van der Waals surface area (Å²) in [7, 11) is -0.767. The van der Waals surface area contributed by atoms with E-state index in [-0.39, 0.29) is 28.6 Å². The maximum atomic E-state index is 13.2. The van der Waals surface area contributed by atoms with Crippen molar-refractivity contribution in [1.82, 2.24) is 24.2 Å². The molecule has 2 aromatic rings. The third-order valence-corrected chi connectivity index (χ3v) is 6.62. The number of methoxy groups -OCH3 is 1. The topological polar surface area (TPSA) is 103 Å². The molecule has 0 spiro atoms. The lowest BCUT2D eigenvalue weighted by Gasteiger charge is -2.21. The molecule has 2 atom stereocenters. The van der Waals surface area contributed by atoms with Crippen molar-refractivity contribution in [3.05, 3.63) is 22.6 Å². The molecular formula is C13H18ClN5O4S. The van der Waals surface area contributed by atoms with Crippen LogP contribution in [-0.4, -0.2) is 52.4 Å². The summed E-state index contributed by atoms with van der Waals surface area (Å²) >= 11 is 6.16. The zero-order valence-electron chi connectivity index (χ0n) is 13.7. The van der Waals surface area contributed by atoms with Gasteiger partial charge in [-0.25, -0.2) is 8.42 Å². The fraction of sp³-hybridized carbons (Fsp3) is 0.615. The van der Waals surface area contributed by atoms with Crippen LogP contribution in [0.1, 0.15) is 29.9 Å². The van der Waals surface area contributed by atoms with Gasteiger partial charge >= 0.3 is 0 Å². The molecule has 9 nitrogen and oxygen atoms in total. The molecule has 1 fully saturated rings. The van der Waals surface area contributed by atoms with Gasteiger partial charge in [0, 0.05) is 27.1 Å². The first-order valence-corrected chi connectivity index (χ1v) is 9.11. The Morgan fingerprint density at radius 2 is 2.08 bits per heavy atom. The number of halogens is 1. The van der Waals surface area contributed by atoms with Crippen LogP contribution in [0.5, 0.6) is 0 Å². The maximum absolute atomic E-state index is 13.2. The van der Waals surface area contributed by atoms with E-state index in [1.165, 1.54) is 8.99 Å². The van der Waals surface area contributed by atoms with Gasteiger partial charge in [-0.15, -0.1) is 0 Å². The van der Waals surface area contributed by atoms with Gasteiger partial charge in [0.25, 0.3) is 0 Å². The third kappa shape index (κ3) is 2.73. The minimum Gasteiger partial charge on any atom is -0.380 e. The van der Waals surface area contributed by atoms with E-state index >= 15 is 0 Å². The Balaban J connectivity index is 2.07. The Hall–Kier alpha value is -1.49. The average molecular weight is 376 g/mol. The van der Waals surface area contributed by atoms with Gasteiger partial charge in [-0.05, 0) is 13.8 Å². The molecule has 24 heavy (non-hydrogen) atoms. The fourth-order valence-electron chi connectivity index (χ4n) is 2.90. The van der Waals surface area contributed by atoms with Gasteiger partial charge in [0.2, 0.25) is 15.9 Å². The number of aromatic nitrogens is 4. The summed E-state index contributed by atoms with van der Waals surface area (Å²) in [6.07, 6.45) is 0.154. The summed E-state index contributed by atoms with van der Waals surface area (Å²) in [6, 6.07) is -0.600. The molecule has 3 heterocycles. The van der Waals surface area contributed by atoms with Crippen molar-refractivity contribution in [3.63, 3.8) is 0 Å². The van der Waals surface area contributed by atoms with Crippen molar-refractivity contribution in [2.45, 2.75) is 37.3 Å². The zero-order valence-corrected chi connectivity index (χ0v) is 15.3. The molecule has 0 aromatic carbocycles. The van der Waals surface area contributed by atoms with Crippen LogP contribution in [0, 0.1) is 13.8 Å². The van der Waals surface area contributed by atoms with Crippen LogP contribution in [0.25, 0.3) is 0 Å². The maximum Gasteiger partial charge on any atom is 0.248 e. The number of rotatable bonds is 4. The first-order chi connectivity index (χ1) is 11.3. The first-order valence-electron chi connectivity index (χ1n) is 7.29. The minimum atomic E-state index is -3.90. The van der Waals surface area contributed by atoms with Crippen LogP contribution in [0.15, 0.2) is 9.42 Å². The molecule has 2 aromatic heterocycles. The lowest BCUT2D eigenvalue weighted by atomic mass is 10.2. The zero-order chi connectivity index (χ0) is 17.6. The number of nitrogens with zero attached hydrogens (tertiary/aromatic N) is 5. The first kappa shape index (κ1) is 17.3. The van der Waals surface area contributed by atoms with Gasteiger partial charge in [0.15, 0.2) is 5.82 Å². The number of sulfonamides is 1. The van der Waals surface area contributed by atoms with Gasteiger partial charge in [-0.3, -0.25) is 4.68 Å². The highest BCUT2D eigenvalue weighted by Crippen LogP contribution is 2.39. The molecule has 1 saturated heterocycles. The Bertz CT molecular complexity index is 862. The highest BCUT2D eigenvalue weighted by atomic mass is 35.5. The van der Waals surface area contributed by atoms with E-state index < -0.39 is 16.1 Å². The number of hydrogen-bond donors (Lipinski definition) is 0. The molecule has 11 heteroatoms. The molecule has 0 bridgehead atoms. The van der Waals surface area contributed by atoms with E-state index in [4.69, 9.17) is 20.9 Å². The van der Waals surface area contributed by atoms with Crippen LogP contribution in [0.2, 0.25) is 5.15 Å². The van der Waals surface area contributed by atoms with Crippen LogP contribution < -0.4 is 0 Å². The predicted molar refractivity (Wildman–Crippen MR) is 84.0 cm³/mol. The van der Waals surface area contributed by atoms with Crippen LogP contribution in [-0.2, 0) is 21.8 Å². The van der Waals surface area contributed by atoms with Gasteiger partial charge in [0.1, 0.15) is 16.1 Å². The number of hydrogen-bond acceptors (Lipinski definition) is 7. The number of ether oxygens (including phenoxy) is 1. The predicted octanol–water partition coefficient (Wildman–Crippen LogP) is 1.22. The van der Waals surface area contributed by atoms with E-state index in [0.717, 1.165) is 0 Å². The van der Waals surface area contributed by atoms with Gasteiger partial charge in [0.05, 0.1) is 11.8 Å². The fourth-order valence-corrected chi connectivity index (χ4v) is 5.23. The van der Waals surface area contributed by atoms with Crippen molar-refractivity contribution in [2.24, 2.45) is 7.05 Å². The van der Waals surface area contributed by atoms with Crippen LogP contribution in [0.3, 0.4) is 0 Å². The Morgan fingerprint density at radius 3 is 2.58 bits per heavy atom. The van der Waals surface area contributed by atoms with E-state index in [1.807, 2.05) is 0 Å². The molecule has 132 valence electrons. The molecule has 0 amide bonds. The van der Waals surface area contributed by atoms with E-state index in [9.17, 15) is 8.42 Å². The molecule has 0 unspecified atom stereocenters. The standard InChI is InChI=1S/C13H18ClN5O4S/c1-7-11(12(14)18(3)16-7)24(20,21)19-6-9(22-4)5-10(19)13-15-8(2)17-23-13/h9-10H,5-6H2,1-4H3/t9-,10+/m0/s1. The SMILES string of the molecule is CO[C@H]1C[C@H](c2nc(C)no2)N(S(=O)(=O)c2c(C)nn(C)c2Cl)C1. The lowest BCUT2D eigenvalue weighted by Crippen LogP contribution is -2.32. The second-order valence-corrected chi connectivity index (χ2v) is 7.88. The van der Waals surface area contributed by atoms with Crippen LogP contribution in [0.4, 0.5) is 0 Å². The third-order valence-electron chi connectivity index (χ3n) is 4.05. The summed E-state index contributed by atoms with van der Waals surface area (Å²) in [6.45, 7) is 3.46. The largest absolute Gasteiger partial charge is 0.380 e. The summed E-state index contributed by atoms with van der Waals surface area (Å²) in [4.78, 5) is 4.17. The highest BCUT2D eigenvalue weighted by Gasteiger charge is 2.45. The molecule has 1 aliphatic heterocycles. The minimum absolute atomic E-state index is 0.00958. The lowest BCUT2D eigenvalue weighted by molar-refractivity contribution is 0.114. The quantitative estimate of drug-likeness (QED) is 0.791. The summed E-state index contributed by atoms with van der Waals surface area (Å²) in [5, 5.41) is 7.90. The van der Waals surface area contributed by atoms with Gasteiger partial charge < -0.3 is 9.26 Å². The molecule has 0 aliphatic carbocycles. The molecular weight excluding hydrogens is 358 g/mol. The second-order valence-electron chi connectivity index (χ2n) is 5.69. The normalized spacial score (nSPS) is 22.4. The van der Waals surface area contributed by atoms with E-state index in [0.29, 0.717) is 17.9 Å². The Labute approximate surface area is 144 Å². The molecule has 0 radical (unpaired) electrons. The summed E-state index contributed by atoms with van der Waals surface area (Å²) in [5.74, 6) is 0.687. The van der Waals surface area contributed by atoms with Crippen molar-refractivity contribution in [3.8, 4) is 0 Å². The molecule has 0 N–H and O–H groups in total. The summed E-state index contributed by atoms with van der Waals surface area (Å²) in [5.41, 5.74) is 0.337. The van der Waals surface area contributed by atoms with Crippen molar-refractivity contribution in [1.29, 1.82) is 0 Å². The molecule has 0 saturated carbocycles. The van der Waals surface area contributed by atoms with Gasteiger partial charge in [-0.1, -0.05) is 16.8 Å². The monoisotopic (exact) mass is 375 g/mol. The molecule has 3 rings (SSSR count). The second kappa shape index (κ2) is 6.10. The smallest absolute Gasteiger partial charge is 0.248 e.